The lowest BCUT2D eigenvalue weighted by atomic mass is 10.0. The van der Waals surface area contributed by atoms with Crippen molar-refractivity contribution in [3.8, 4) is 22.7 Å². The molecule has 0 amide bonds. The molecule has 1 N–H and O–H groups in total. The number of hydrogen-bond donors (Lipinski definition) is 1. The largest absolute Gasteiger partial charge is 0.497 e. The first-order chi connectivity index (χ1) is 14.2. The summed E-state index contributed by atoms with van der Waals surface area (Å²) >= 11 is 0. The molecule has 0 unspecified atom stereocenters. The number of pyridine rings is 1. The third-order valence-corrected chi connectivity index (χ3v) is 4.59. The van der Waals surface area contributed by atoms with Gasteiger partial charge in [-0.3, -0.25) is 19.9 Å². The van der Waals surface area contributed by atoms with E-state index in [0.717, 1.165) is 17.0 Å². The smallest absolute Gasteiger partial charge is 0.280 e. The van der Waals surface area contributed by atoms with Crippen molar-refractivity contribution in [1.29, 1.82) is 0 Å². The quantitative estimate of drug-likeness (QED) is 0.519. The molecule has 2 aromatic carbocycles. The molecule has 0 atom stereocenters. The minimum atomic E-state index is -0.160. The number of nitrogens with one attached hydrogen (secondary N) is 1. The Balaban J connectivity index is 1.91. The Morgan fingerprint density at radius 3 is 2.45 bits per heavy atom. The predicted octanol–water partition coefficient (Wildman–Crippen LogP) is 4.38. The van der Waals surface area contributed by atoms with Crippen LogP contribution < -0.4 is 10.3 Å². The van der Waals surface area contributed by atoms with Crippen LogP contribution in [0.25, 0.3) is 16.9 Å². The zero-order valence-corrected chi connectivity index (χ0v) is 16.2. The number of H-pyrrole nitrogens is 1. The lowest BCUT2D eigenvalue weighted by Gasteiger charge is -2.05. The highest BCUT2D eigenvalue weighted by Crippen LogP contribution is 2.25. The first-order valence-electron chi connectivity index (χ1n) is 9.18. The van der Waals surface area contributed by atoms with Crippen molar-refractivity contribution in [2.75, 3.05) is 7.11 Å². The van der Waals surface area contributed by atoms with Crippen molar-refractivity contribution in [3.05, 3.63) is 95.0 Å². The summed E-state index contributed by atoms with van der Waals surface area (Å²) in [6.45, 7) is 1.83. The van der Waals surface area contributed by atoms with Gasteiger partial charge in [-0.05, 0) is 55.5 Å². The Morgan fingerprint density at radius 2 is 1.79 bits per heavy atom. The van der Waals surface area contributed by atoms with Crippen LogP contribution in [0.1, 0.15) is 12.5 Å². The lowest BCUT2D eigenvalue weighted by Crippen LogP contribution is -2.19. The Kier molecular flexibility index (Phi) is 5.07. The van der Waals surface area contributed by atoms with Gasteiger partial charge in [-0.2, -0.15) is 0 Å². The summed E-state index contributed by atoms with van der Waals surface area (Å²) in [5, 5.41) is 3.25. The minimum absolute atomic E-state index is 0.160. The van der Waals surface area contributed by atoms with E-state index >= 15 is 0 Å². The molecule has 0 fully saturated rings. The summed E-state index contributed by atoms with van der Waals surface area (Å²) in [6, 6.07) is 20.7. The van der Waals surface area contributed by atoms with E-state index in [1.54, 1.807) is 19.5 Å². The number of aliphatic imine (C=N–C) groups is 1. The summed E-state index contributed by atoms with van der Waals surface area (Å²) in [5.41, 5.74) is 3.99. The Hall–Kier alpha value is -3.93. The third-order valence-electron chi connectivity index (χ3n) is 4.59. The second kappa shape index (κ2) is 7.98. The number of benzene rings is 2. The molecule has 6 nitrogen and oxygen atoms in total. The number of ether oxygens (including phenoxy) is 1. The maximum absolute atomic E-state index is 13.3. The van der Waals surface area contributed by atoms with Gasteiger partial charge in [0.25, 0.3) is 5.56 Å². The zero-order chi connectivity index (χ0) is 20.2. The molecular weight excluding hydrogens is 364 g/mol. The van der Waals surface area contributed by atoms with E-state index in [4.69, 9.17) is 4.74 Å². The number of methoxy groups -OCH3 is 1. The number of aromatic amines is 1. The molecule has 2 heterocycles. The van der Waals surface area contributed by atoms with Crippen LogP contribution in [0.3, 0.4) is 0 Å². The highest BCUT2D eigenvalue weighted by molar-refractivity contribution is 6.04. The summed E-state index contributed by atoms with van der Waals surface area (Å²) in [5.74, 6) is 0.751. The van der Waals surface area contributed by atoms with Crippen LogP contribution in [0.2, 0.25) is 0 Å². The average molecular weight is 384 g/mol. The normalized spacial score (nSPS) is 11.4. The maximum atomic E-state index is 13.3. The molecule has 4 aromatic rings. The second-order valence-electron chi connectivity index (χ2n) is 6.47. The van der Waals surface area contributed by atoms with Crippen molar-refractivity contribution in [2.24, 2.45) is 4.99 Å². The second-order valence-corrected chi connectivity index (χ2v) is 6.47. The summed E-state index contributed by atoms with van der Waals surface area (Å²) in [6.07, 6.45) is 3.36. The van der Waals surface area contributed by atoms with Gasteiger partial charge in [-0.1, -0.05) is 18.2 Å². The molecule has 0 saturated carbocycles. The molecule has 0 aliphatic rings. The SMILES string of the molecule is COc1ccc(-c2[nH]n(-c3ccccc3)c(=O)c2C(C)=Nc2cccnc2)cc1. The zero-order valence-electron chi connectivity index (χ0n) is 16.2. The molecule has 0 aliphatic heterocycles. The van der Waals surface area contributed by atoms with E-state index in [1.165, 1.54) is 4.68 Å². The van der Waals surface area contributed by atoms with E-state index in [-0.39, 0.29) is 5.56 Å². The van der Waals surface area contributed by atoms with Gasteiger partial charge >= 0.3 is 0 Å². The highest BCUT2D eigenvalue weighted by atomic mass is 16.5. The number of rotatable bonds is 5. The van der Waals surface area contributed by atoms with Crippen molar-refractivity contribution < 1.29 is 4.74 Å². The van der Waals surface area contributed by atoms with Crippen LogP contribution in [0, 0.1) is 0 Å². The first kappa shape index (κ1) is 18.4. The molecular formula is C23H20N4O2. The van der Waals surface area contributed by atoms with Gasteiger partial charge in [0.15, 0.2) is 0 Å². The van der Waals surface area contributed by atoms with E-state index in [9.17, 15) is 4.79 Å². The predicted molar refractivity (Wildman–Crippen MR) is 114 cm³/mol. The van der Waals surface area contributed by atoms with Gasteiger partial charge in [-0.15, -0.1) is 0 Å². The monoisotopic (exact) mass is 384 g/mol. The van der Waals surface area contributed by atoms with E-state index in [1.807, 2.05) is 73.7 Å². The van der Waals surface area contributed by atoms with Gasteiger partial charge in [0.1, 0.15) is 5.75 Å². The topological polar surface area (TPSA) is 72.3 Å². The fraction of sp³-hybridized carbons (Fsp3) is 0.0870. The summed E-state index contributed by atoms with van der Waals surface area (Å²) in [7, 11) is 1.62. The molecule has 4 rings (SSSR count). The molecule has 0 bridgehead atoms. The number of nitrogens with zero attached hydrogens (tertiary/aromatic N) is 3. The van der Waals surface area contributed by atoms with Gasteiger partial charge in [0, 0.05) is 11.8 Å². The summed E-state index contributed by atoms with van der Waals surface area (Å²) < 4.78 is 6.79. The van der Waals surface area contributed by atoms with E-state index in [2.05, 4.69) is 15.1 Å². The molecule has 0 spiro atoms. The fourth-order valence-electron chi connectivity index (χ4n) is 3.17. The van der Waals surface area contributed by atoms with Crippen LogP contribution in [-0.2, 0) is 0 Å². The van der Waals surface area contributed by atoms with Crippen molar-refractivity contribution in [3.63, 3.8) is 0 Å². The van der Waals surface area contributed by atoms with Gasteiger partial charge in [-0.25, -0.2) is 4.68 Å². The molecule has 6 heteroatoms. The van der Waals surface area contributed by atoms with Gasteiger partial charge in [0.2, 0.25) is 0 Å². The van der Waals surface area contributed by atoms with Crippen molar-refractivity contribution >= 4 is 11.4 Å². The Morgan fingerprint density at radius 1 is 1.03 bits per heavy atom. The number of aromatic nitrogens is 3. The van der Waals surface area contributed by atoms with E-state index < -0.39 is 0 Å². The van der Waals surface area contributed by atoms with Crippen LogP contribution in [0.4, 0.5) is 5.69 Å². The lowest BCUT2D eigenvalue weighted by molar-refractivity contribution is 0.415. The fourth-order valence-corrected chi connectivity index (χ4v) is 3.17. The Labute approximate surface area is 168 Å². The van der Waals surface area contributed by atoms with Crippen molar-refractivity contribution in [1.82, 2.24) is 14.8 Å². The maximum Gasteiger partial charge on any atom is 0.280 e. The number of hydrogen-bond acceptors (Lipinski definition) is 4. The summed E-state index contributed by atoms with van der Waals surface area (Å²) in [4.78, 5) is 22.0. The van der Waals surface area contributed by atoms with E-state index in [0.29, 0.717) is 22.7 Å². The minimum Gasteiger partial charge on any atom is -0.497 e. The highest BCUT2D eigenvalue weighted by Gasteiger charge is 2.19. The third kappa shape index (κ3) is 3.73. The van der Waals surface area contributed by atoms with Crippen molar-refractivity contribution in [2.45, 2.75) is 6.92 Å². The molecule has 2 aromatic heterocycles. The van der Waals surface area contributed by atoms with Crippen LogP contribution >= 0.6 is 0 Å². The van der Waals surface area contributed by atoms with Crippen LogP contribution in [0.15, 0.2) is 88.9 Å². The van der Waals surface area contributed by atoms with Gasteiger partial charge < -0.3 is 4.74 Å². The molecule has 0 aliphatic carbocycles. The molecule has 144 valence electrons. The molecule has 0 radical (unpaired) electrons. The number of para-hydroxylation sites is 1. The van der Waals surface area contributed by atoms with Crippen LogP contribution in [-0.4, -0.2) is 27.6 Å². The molecule has 0 saturated heterocycles. The van der Waals surface area contributed by atoms with Gasteiger partial charge in [0.05, 0.1) is 41.7 Å². The van der Waals surface area contributed by atoms with Crippen LogP contribution in [0.5, 0.6) is 5.75 Å². The molecule has 29 heavy (non-hydrogen) atoms. The standard InChI is InChI=1S/C23H20N4O2/c1-16(25-18-7-6-14-24-15-18)21-22(17-10-12-20(29-2)13-11-17)26-27(23(21)28)19-8-4-3-5-9-19/h3-15,26H,1-2H3. The average Bonchev–Trinajstić information content (AvgIpc) is 3.12. The first-order valence-corrected chi connectivity index (χ1v) is 9.18. The Bertz CT molecular complexity index is 1190.